The number of carbonyl (C=O) groups excluding carboxylic acids is 3. The van der Waals surface area contributed by atoms with Crippen molar-refractivity contribution in [3.05, 3.63) is 23.7 Å². The van der Waals surface area contributed by atoms with Crippen LogP contribution in [-0.4, -0.2) is 35.1 Å². The van der Waals surface area contributed by atoms with Crippen LogP contribution in [0.4, 0.5) is 10.5 Å². The Morgan fingerprint density at radius 1 is 1.30 bits per heavy atom. The van der Waals surface area contributed by atoms with Gasteiger partial charge in [-0.05, 0) is 12.5 Å². The van der Waals surface area contributed by atoms with Gasteiger partial charge in [-0.3, -0.25) is 14.9 Å². The van der Waals surface area contributed by atoms with Crippen molar-refractivity contribution in [3.8, 4) is 0 Å². The van der Waals surface area contributed by atoms with Gasteiger partial charge in [0, 0.05) is 25.5 Å². The molecule has 0 aliphatic carbocycles. The summed E-state index contributed by atoms with van der Waals surface area (Å²) in [7, 11) is 0. The largest absolute Gasteiger partial charge is 0.457 e. The summed E-state index contributed by atoms with van der Waals surface area (Å²) in [4.78, 5) is 41.1. The van der Waals surface area contributed by atoms with E-state index in [0.29, 0.717) is 42.4 Å². The Hall–Kier alpha value is -2.90. The highest BCUT2D eigenvalue weighted by molar-refractivity contribution is 6.05. The van der Waals surface area contributed by atoms with E-state index in [1.807, 2.05) is 6.08 Å². The van der Waals surface area contributed by atoms with Crippen molar-refractivity contribution in [3.63, 3.8) is 0 Å². The molecule has 3 aliphatic heterocycles. The van der Waals surface area contributed by atoms with Crippen LogP contribution in [0.1, 0.15) is 36.8 Å². The minimum Gasteiger partial charge on any atom is -0.457 e. The fraction of sp³-hybridized carbons (Fsp3) is 0.333. The minimum absolute atomic E-state index is 0.0757. The number of amidine groups is 1. The van der Waals surface area contributed by atoms with Crippen molar-refractivity contribution in [2.75, 3.05) is 6.54 Å². The maximum atomic E-state index is 11.9. The molecule has 4 heterocycles. The van der Waals surface area contributed by atoms with Gasteiger partial charge >= 0.3 is 6.03 Å². The van der Waals surface area contributed by atoms with E-state index in [2.05, 4.69) is 15.6 Å². The molecule has 2 saturated heterocycles. The van der Waals surface area contributed by atoms with Crippen LogP contribution in [0.2, 0.25) is 0 Å². The zero-order valence-corrected chi connectivity index (χ0v) is 12.2. The molecule has 0 bridgehead atoms. The smallest absolute Gasteiger partial charge is 0.322 e. The number of hydrogen-bond acceptors (Lipinski definition) is 5. The maximum Gasteiger partial charge on any atom is 0.322 e. The molecule has 8 heteroatoms. The quantitative estimate of drug-likeness (QED) is 0.761. The van der Waals surface area contributed by atoms with Crippen molar-refractivity contribution >= 4 is 35.4 Å². The van der Waals surface area contributed by atoms with E-state index in [9.17, 15) is 14.4 Å². The van der Waals surface area contributed by atoms with Crippen molar-refractivity contribution in [2.45, 2.75) is 25.3 Å². The first-order valence-electron chi connectivity index (χ1n) is 7.41. The van der Waals surface area contributed by atoms with E-state index in [1.54, 1.807) is 17.0 Å². The molecule has 4 rings (SSSR count). The van der Waals surface area contributed by atoms with E-state index in [4.69, 9.17) is 4.42 Å². The third kappa shape index (κ3) is 2.32. The van der Waals surface area contributed by atoms with Crippen molar-refractivity contribution in [1.29, 1.82) is 0 Å². The molecule has 1 atom stereocenters. The van der Waals surface area contributed by atoms with Gasteiger partial charge in [-0.15, -0.1) is 0 Å². The van der Waals surface area contributed by atoms with Gasteiger partial charge < -0.3 is 14.6 Å². The fourth-order valence-corrected chi connectivity index (χ4v) is 2.93. The first-order valence-corrected chi connectivity index (χ1v) is 7.41. The lowest BCUT2D eigenvalue weighted by atomic mass is 10.2. The van der Waals surface area contributed by atoms with Gasteiger partial charge in [0.1, 0.15) is 17.3 Å². The number of urea groups is 1. The van der Waals surface area contributed by atoms with Gasteiger partial charge in [-0.1, -0.05) is 6.08 Å². The summed E-state index contributed by atoms with van der Waals surface area (Å²) in [5, 5.41) is 4.65. The Kier molecular flexibility index (Phi) is 3.03. The highest BCUT2D eigenvalue weighted by Crippen LogP contribution is 2.32. The SMILES string of the molecule is O=C1NC(=O)C(c2cc3c(o2)C=CCC(N2CCCC2=O)=N3)N1. The minimum atomic E-state index is -0.852. The van der Waals surface area contributed by atoms with E-state index >= 15 is 0 Å². The lowest BCUT2D eigenvalue weighted by Crippen LogP contribution is -2.31. The number of hydrogen-bond donors (Lipinski definition) is 2. The summed E-state index contributed by atoms with van der Waals surface area (Å²) in [6.45, 7) is 0.673. The van der Waals surface area contributed by atoms with Crippen LogP contribution >= 0.6 is 0 Å². The third-order valence-corrected chi connectivity index (χ3v) is 4.02. The van der Waals surface area contributed by atoms with Crippen LogP contribution in [0.3, 0.4) is 0 Å². The van der Waals surface area contributed by atoms with Gasteiger partial charge in [-0.25, -0.2) is 9.79 Å². The van der Waals surface area contributed by atoms with Crippen molar-refractivity contribution < 1.29 is 18.8 Å². The molecule has 2 fully saturated rings. The van der Waals surface area contributed by atoms with Crippen molar-refractivity contribution in [2.24, 2.45) is 4.99 Å². The van der Waals surface area contributed by atoms with Crippen LogP contribution in [0.5, 0.6) is 0 Å². The number of carbonyl (C=O) groups is 3. The summed E-state index contributed by atoms with van der Waals surface area (Å²) >= 11 is 0. The predicted molar refractivity (Wildman–Crippen MR) is 79.8 cm³/mol. The topological polar surface area (TPSA) is 104 Å². The zero-order valence-electron chi connectivity index (χ0n) is 12.2. The van der Waals surface area contributed by atoms with Crippen molar-refractivity contribution in [1.82, 2.24) is 15.5 Å². The molecule has 118 valence electrons. The molecule has 0 spiro atoms. The molecule has 4 amide bonds. The highest BCUT2D eigenvalue weighted by atomic mass is 16.3. The molecule has 1 unspecified atom stereocenters. The average molecular weight is 314 g/mol. The van der Waals surface area contributed by atoms with Crippen LogP contribution in [0.15, 0.2) is 21.6 Å². The van der Waals surface area contributed by atoms with Crippen LogP contribution in [-0.2, 0) is 9.59 Å². The third-order valence-electron chi connectivity index (χ3n) is 4.02. The predicted octanol–water partition coefficient (Wildman–Crippen LogP) is 1.23. The number of rotatable bonds is 1. The summed E-state index contributed by atoms with van der Waals surface area (Å²) in [5.41, 5.74) is 0.553. The number of nitrogens with one attached hydrogen (secondary N) is 2. The number of imide groups is 1. The number of furan rings is 1. The highest BCUT2D eigenvalue weighted by Gasteiger charge is 2.34. The average Bonchev–Trinajstić information content (AvgIpc) is 3.15. The lowest BCUT2D eigenvalue weighted by Gasteiger charge is -2.16. The Morgan fingerprint density at radius 2 is 2.17 bits per heavy atom. The first kappa shape index (κ1) is 13.7. The first-order chi connectivity index (χ1) is 11.1. The number of amides is 4. The lowest BCUT2D eigenvalue weighted by molar-refractivity contribution is -0.124. The van der Waals surface area contributed by atoms with Gasteiger partial charge in [-0.2, -0.15) is 0 Å². The fourth-order valence-electron chi connectivity index (χ4n) is 2.93. The molecule has 8 nitrogen and oxygen atoms in total. The molecule has 3 aliphatic rings. The molecule has 23 heavy (non-hydrogen) atoms. The maximum absolute atomic E-state index is 11.9. The van der Waals surface area contributed by atoms with Gasteiger partial charge in [0.2, 0.25) is 5.91 Å². The van der Waals surface area contributed by atoms with E-state index < -0.39 is 18.0 Å². The second kappa shape index (κ2) is 5.08. The van der Waals surface area contributed by atoms with E-state index in [1.165, 1.54) is 0 Å². The Balaban J connectivity index is 1.68. The molecule has 1 aromatic rings. The Labute approximate surface area is 131 Å². The van der Waals surface area contributed by atoms with Gasteiger partial charge in [0.25, 0.3) is 5.91 Å². The van der Waals surface area contributed by atoms with Crippen LogP contribution in [0.25, 0.3) is 6.08 Å². The number of nitrogens with zero attached hydrogens (tertiary/aromatic N) is 2. The monoisotopic (exact) mass is 314 g/mol. The molecule has 2 N–H and O–H groups in total. The number of aliphatic imine (C=N–C) groups is 1. The van der Waals surface area contributed by atoms with E-state index in [0.717, 1.165) is 6.42 Å². The molecular formula is C15H14N4O4. The molecule has 1 aromatic heterocycles. The summed E-state index contributed by atoms with van der Waals surface area (Å²) in [6, 6.07) is 0.227. The molecule has 0 saturated carbocycles. The normalized spacial score (nSPS) is 23.5. The summed E-state index contributed by atoms with van der Waals surface area (Å²) in [5.74, 6) is 1.12. The summed E-state index contributed by atoms with van der Waals surface area (Å²) in [6.07, 6.45) is 5.56. The molecule has 0 radical (unpaired) electrons. The van der Waals surface area contributed by atoms with E-state index in [-0.39, 0.29) is 5.91 Å². The van der Waals surface area contributed by atoms with Crippen LogP contribution in [0, 0.1) is 0 Å². The van der Waals surface area contributed by atoms with Gasteiger partial charge in [0.15, 0.2) is 11.8 Å². The number of likely N-dealkylation sites (tertiary alicyclic amines) is 1. The second-order valence-electron chi connectivity index (χ2n) is 5.58. The Bertz CT molecular complexity index is 776. The summed E-state index contributed by atoms with van der Waals surface area (Å²) < 4.78 is 5.65. The van der Waals surface area contributed by atoms with Crippen LogP contribution < -0.4 is 10.6 Å². The molecular weight excluding hydrogens is 300 g/mol. The number of fused-ring (bicyclic) bond motifs is 1. The molecule has 0 aromatic carbocycles. The zero-order chi connectivity index (χ0) is 16.0. The second-order valence-corrected chi connectivity index (χ2v) is 5.58. The standard InChI is InChI=1S/C15H14N4O4/c20-12-5-2-6-19(12)11-4-1-3-9-8(16-11)7-10(23-9)13-14(21)18-15(22)17-13/h1,3,7,13H,2,4-6H2,(H2,17,18,21,22). The van der Waals surface area contributed by atoms with Gasteiger partial charge in [0.05, 0.1) is 0 Å². The Morgan fingerprint density at radius 3 is 2.87 bits per heavy atom.